The number of rotatable bonds is 3. The lowest BCUT2D eigenvalue weighted by Gasteiger charge is -2.10. The van der Waals surface area contributed by atoms with E-state index in [-0.39, 0.29) is 11.9 Å². The smallest absolute Gasteiger partial charge is 0.322 e. The summed E-state index contributed by atoms with van der Waals surface area (Å²) in [5, 5.41) is 7.24. The lowest BCUT2D eigenvalue weighted by molar-refractivity contribution is -0.117. The van der Waals surface area contributed by atoms with Crippen molar-refractivity contribution in [1.82, 2.24) is 15.6 Å². The molecule has 3 amide bonds. The van der Waals surface area contributed by atoms with Crippen molar-refractivity contribution in [2.45, 2.75) is 13.0 Å². The quantitative estimate of drug-likeness (QED) is 0.791. The molecule has 1 unspecified atom stereocenters. The molecule has 0 saturated heterocycles. The number of thiazole rings is 1. The van der Waals surface area contributed by atoms with E-state index < -0.39 is 11.9 Å². The Hall–Kier alpha value is -1.14. The van der Waals surface area contributed by atoms with Crippen LogP contribution in [0.2, 0.25) is 0 Å². The molecule has 0 aliphatic heterocycles. The average Bonchev–Trinajstić information content (AvgIpc) is 2.70. The first-order valence-corrected chi connectivity index (χ1v) is 5.60. The zero-order valence-electron chi connectivity index (χ0n) is 7.99. The number of imide groups is 1. The Bertz CT molecular complexity index is 342. The first kappa shape index (κ1) is 11.9. The molecule has 1 heterocycles. The fourth-order valence-electron chi connectivity index (χ4n) is 0.903. The van der Waals surface area contributed by atoms with Gasteiger partial charge in [0.1, 0.15) is 10.9 Å². The molecule has 1 aromatic heterocycles. The van der Waals surface area contributed by atoms with Crippen LogP contribution in [0, 0.1) is 0 Å². The maximum atomic E-state index is 11.2. The second-order valence-electron chi connectivity index (χ2n) is 2.75. The van der Waals surface area contributed by atoms with Crippen LogP contribution in [0.25, 0.3) is 0 Å². The van der Waals surface area contributed by atoms with E-state index in [2.05, 4.69) is 15.6 Å². The third kappa shape index (κ3) is 3.85. The Balaban J connectivity index is 2.42. The molecule has 0 aliphatic carbocycles. The van der Waals surface area contributed by atoms with Gasteiger partial charge in [0.15, 0.2) is 0 Å². The summed E-state index contributed by atoms with van der Waals surface area (Å²) in [6.07, 6.45) is 1.65. The number of nitrogens with zero attached hydrogens (tertiary/aromatic N) is 1. The van der Waals surface area contributed by atoms with E-state index in [9.17, 15) is 9.59 Å². The number of amides is 3. The van der Waals surface area contributed by atoms with E-state index in [0.29, 0.717) is 0 Å². The summed E-state index contributed by atoms with van der Waals surface area (Å²) < 4.78 is 0. The summed E-state index contributed by atoms with van der Waals surface area (Å²) in [5.41, 5.74) is 0. The highest BCUT2D eigenvalue weighted by molar-refractivity contribution is 7.09. The zero-order valence-corrected chi connectivity index (χ0v) is 9.56. The summed E-state index contributed by atoms with van der Waals surface area (Å²) >= 11 is 6.66. The first-order valence-electron chi connectivity index (χ1n) is 4.19. The topological polar surface area (TPSA) is 71.1 Å². The maximum Gasteiger partial charge on any atom is 0.322 e. The summed E-state index contributed by atoms with van der Waals surface area (Å²) in [4.78, 5) is 26.0. The summed E-state index contributed by atoms with van der Waals surface area (Å²) in [6, 6.07) is -0.795. The van der Waals surface area contributed by atoms with Crippen molar-refractivity contribution in [3.8, 4) is 0 Å². The number of carbonyl (C=O) groups is 2. The lowest BCUT2D eigenvalue weighted by atomic mass is 10.4. The molecule has 1 aromatic rings. The molecule has 5 nitrogen and oxygen atoms in total. The van der Waals surface area contributed by atoms with Gasteiger partial charge in [0, 0.05) is 11.6 Å². The van der Waals surface area contributed by atoms with Crippen LogP contribution in [0.5, 0.6) is 0 Å². The third-order valence-electron chi connectivity index (χ3n) is 1.54. The van der Waals surface area contributed by atoms with Crippen LogP contribution in [0.15, 0.2) is 11.6 Å². The van der Waals surface area contributed by atoms with Crippen molar-refractivity contribution in [2.24, 2.45) is 0 Å². The number of alkyl halides is 1. The molecule has 0 aliphatic rings. The molecule has 0 aromatic carbocycles. The maximum absolute atomic E-state index is 11.2. The van der Waals surface area contributed by atoms with Crippen LogP contribution in [0.1, 0.15) is 18.0 Å². The second kappa shape index (κ2) is 5.67. The minimum Gasteiger partial charge on any atom is -0.329 e. The third-order valence-corrected chi connectivity index (χ3v) is 2.74. The molecule has 1 rings (SSSR count). The molecule has 7 heteroatoms. The fraction of sp³-hybridized carbons (Fsp3) is 0.375. The standard InChI is InChI=1S/C8H10ClN3O2S/c1-5(7-10-2-3-15-7)11-8(14)12-6(13)4-9/h2-3,5H,4H2,1H3,(H2,11,12,13,14). The molecule has 0 spiro atoms. The Morgan fingerprint density at radius 2 is 2.40 bits per heavy atom. The van der Waals surface area contributed by atoms with Crippen LogP contribution in [0.4, 0.5) is 4.79 Å². The van der Waals surface area contributed by atoms with E-state index in [1.54, 1.807) is 13.1 Å². The van der Waals surface area contributed by atoms with E-state index >= 15 is 0 Å². The predicted octanol–water partition coefficient (Wildman–Crippen LogP) is 1.27. The molecule has 0 saturated carbocycles. The Morgan fingerprint density at radius 3 is 2.93 bits per heavy atom. The first-order chi connectivity index (χ1) is 7.13. The number of hydrogen-bond acceptors (Lipinski definition) is 4. The van der Waals surface area contributed by atoms with Gasteiger partial charge in [-0.25, -0.2) is 9.78 Å². The van der Waals surface area contributed by atoms with E-state index in [0.717, 1.165) is 5.01 Å². The molecule has 1 atom stereocenters. The second-order valence-corrected chi connectivity index (χ2v) is 3.94. The van der Waals surface area contributed by atoms with Gasteiger partial charge in [0.05, 0.1) is 6.04 Å². The Morgan fingerprint density at radius 1 is 1.67 bits per heavy atom. The molecular formula is C8H10ClN3O2S. The number of halogens is 1. The van der Waals surface area contributed by atoms with Crippen molar-refractivity contribution >= 4 is 34.9 Å². The van der Waals surface area contributed by atoms with Crippen LogP contribution in [-0.2, 0) is 4.79 Å². The monoisotopic (exact) mass is 247 g/mol. The van der Waals surface area contributed by atoms with Crippen LogP contribution in [-0.4, -0.2) is 22.8 Å². The largest absolute Gasteiger partial charge is 0.329 e. The van der Waals surface area contributed by atoms with Gasteiger partial charge < -0.3 is 5.32 Å². The normalized spacial score (nSPS) is 11.9. The molecule has 0 bridgehead atoms. The van der Waals surface area contributed by atoms with Crippen molar-refractivity contribution in [3.05, 3.63) is 16.6 Å². The lowest BCUT2D eigenvalue weighted by Crippen LogP contribution is -2.41. The fourth-order valence-corrected chi connectivity index (χ4v) is 1.62. The number of carbonyl (C=O) groups excluding carboxylic acids is 2. The van der Waals surface area contributed by atoms with Gasteiger partial charge in [0.25, 0.3) is 0 Å². The summed E-state index contributed by atoms with van der Waals surface area (Å²) in [6.45, 7) is 1.78. The van der Waals surface area contributed by atoms with E-state index in [1.807, 2.05) is 5.38 Å². The zero-order chi connectivity index (χ0) is 11.3. The number of hydrogen-bond donors (Lipinski definition) is 2. The number of nitrogens with one attached hydrogen (secondary N) is 2. The minimum atomic E-state index is -0.566. The molecule has 2 N–H and O–H groups in total. The van der Waals surface area contributed by atoms with Crippen molar-refractivity contribution in [1.29, 1.82) is 0 Å². The molecule has 82 valence electrons. The SMILES string of the molecule is CC(NC(=O)NC(=O)CCl)c1nccs1. The van der Waals surface area contributed by atoms with Crippen LogP contribution < -0.4 is 10.6 Å². The molecular weight excluding hydrogens is 238 g/mol. The predicted molar refractivity (Wildman–Crippen MR) is 57.9 cm³/mol. The van der Waals surface area contributed by atoms with Gasteiger partial charge in [-0.1, -0.05) is 0 Å². The summed E-state index contributed by atoms with van der Waals surface area (Å²) in [7, 11) is 0. The molecule has 0 radical (unpaired) electrons. The van der Waals surface area contributed by atoms with Gasteiger partial charge in [0.2, 0.25) is 5.91 Å². The average molecular weight is 248 g/mol. The van der Waals surface area contributed by atoms with Gasteiger partial charge in [-0.05, 0) is 6.92 Å². The van der Waals surface area contributed by atoms with Crippen molar-refractivity contribution < 1.29 is 9.59 Å². The molecule has 15 heavy (non-hydrogen) atoms. The van der Waals surface area contributed by atoms with Gasteiger partial charge in [-0.3, -0.25) is 10.1 Å². The highest BCUT2D eigenvalue weighted by atomic mass is 35.5. The highest BCUT2D eigenvalue weighted by Gasteiger charge is 2.12. The summed E-state index contributed by atoms with van der Waals surface area (Å²) in [5.74, 6) is -0.764. The van der Waals surface area contributed by atoms with Gasteiger partial charge in [-0.15, -0.1) is 22.9 Å². The minimum absolute atomic E-state index is 0.229. The van der Waals surface area contributed by atoms with Crippen molar-refractivity contribution in [3.63, 3.8) is 0 Å². The van der Waals surface area contributed by atoms with E-state index in [4.69, 9.17) is 11.6 Å². The van der Waals surface area contributed by atoms with E-state index in [1.165, 1.54) is 11.3 Å². The van der Waals surface area contributed by atoms with Gasteiger partial charge in [-0.2, -0.15) is 0 Å². The number of urea groups is 1. The van der Waals surface area contributed by atoms with Gasteiger partial charge >= 0.3 is 6.03 Å². The Kier molecular flexibility index (Phi) is 4.51. The Labute approximate surface area is 95.8 Å². The van der Waals surface area contributed by atoms with Crippen molar-refractivity contribution in [2.75, 3.05) is 5.88 Å². The molecule has 0 fully saturated rings. The van der Waals surface area contributed by atoms with Crippen LogP contribution in [0.3, 0.4) is 0 Å². The highest BCUT2D eigenvalue weighted by Crippen LogP contribution is 2.13. The van der Waals surface area contributed by atoms with Crippen LogP contribution >= 0.6 is 22.9 Å². The number of aromatic nitrogens is 1.